The van der Waals surface area contributed by atoms with Crippen LogP contribution >= 0.6 is 28.3 Å². The molecule has 1 amide bonds. The molecular weight excluding hydrogens is 340 g/mol. The Morgan fingerprint density at radius 3 is 2.35 bits per heavy atom. The number of amides is 1. The smallest absolute Gasteiger partial charge is 0.222 e. The average molecular weight is 364 g/mol. The van der Waals surface area contributed by atoms with Crippen molar-refractivity contribution in [3.05, 3.63) is 34.3 Å². The average Bonchev–Trinajstić information content (AvgIpc) is 2.37. The minimum Gasteiger partial charge on any atom is -0.345 e. The summed E-state index contributed by atoms with van der Waals surface area (Å²) in [5, 5.41) is 0. The summed E-state index contributed by atoms with van der Waals surface area (Å²) in [6.07, 6.45) is 1.32. The zero-order valence-electron chi connectivity index (χ0n) is 12.4. The molecule has 3 nitrogen and oxygen atoms in total. The van der Waals surface area contributed by atoms with E-state index in [1.54, 1.807) is 4.90 Å². The van der Waals surface area contributed by atoms with E-state index in [1.165, 1.54) is 5.56 Å². The molecule has 20 heavy (non-hydrogen) atoms. The SMILES string of the molecule is CN(CC(C)(C)CN)C(=O)CCc1ccc(Br)cc1.Cl. The van der Waals surface area contributed by atoms with Crippen molar-refractivity contribution in [1.82, 2.24) is 4.90 Å². The highest BCUT2D eigenvalue weighted by Gasteiger charge is 2.20. The van der Waals surface area contributed by atoms with Gasteiger partial charge in [-0.05, 0) is 36.1 Å². The van der Waals surface area contributed by atoms with Gasteiger partial charge in [0.1, 0.15) is 0 Å². The Bertz CT molecular complexity index is 420. The molecule has 1 aromatic rings. The van der Waals surface area contributed by atoms with Gasteiger partial charge in [0.2, 0.25) is 5.91 Å². The summed E-state index contributed by atoms with van der Waals surface area (Å²) >= 11 is 3.40. The van der Waals surface area contributed by atoms with Crippen LogP contribution in [-0.4, -0.2) is 30.9 Å². The van der Waals surface area contributed by atoms with Crippen LogP contribution in [0.3, 0.4) is 0 Å². The molecular formula is C15H24BrClN2O. The van der Waals surface area contributed by atoms with Gasteiger partial charge in [0, 0.05) is 24.5 Å². The molecule has 114 valence electrons. The van der Waals surface area contributed by atoms with Gasteiger partial charge in [0.25, 0.3) is 0 Å². The van der Waals surface area contributed by atoms with Crippen molar-refractivity contribution >= 4 is 34.2 Å². The highest BCUT2D eigenvalue weighted by Crippen LogP contribution is 2.15. The first-order valence-electron chi connectivity index (χ1n) is 6.52. The molecule has 0 saturated heterocycles. The van der Waals surface area contributed by atoms with Crippen LogP contribution in [0.5, 0.6) is 0 Å². The minimum absolute atomic E-state index is 0. The molecule has 0 heterocycles. The summed E-state index contributed by atoms with van der Waals surface area (Å²) in [4.78, 5) is 13.8. The van der Waals surface area contributed by atoms with E-state index in [0.717, 1.165) is 10.9 Å². The molecule has 0 aliphatic rings. The van der Waals surface area contributed by atoms with Gasteiger partial charge in [-0.15, -0.1) is 12.4 Å². The van der Waals surface area contributed by atoms with E-state index >= 15 is 0 Å². The molecule has 0 aromatic heterocycles. The fourth-order valence-electron chi connectivity index (χ4n) is 1.89. The second-order valence-corrected chi connectivity index (χ2v) is 6.66. The van der Waals surface area contributed by atoms with Crippen molar-refractivity contribution in [2.75, 3.05) is 20.1 Å². The van der Waals surface area contributed by atoms with Crippen LogP contribution in [0, 0.1) is 5.41 Å². The monoisotopic (exact) mass is 362 g/mol. The maximum absolute atomic E-state index is 12.1. The Labute approximate surface area is 136 Å². The van der Waals surface area contributed by atoms with Crippen molar-refractivity contribution in [2.24, 2.45) is 11.1 Å². The Morgan fingerprint density at radius 1 is 1.30 bits per heavy atom. The van der Waals surface area contributed by atoms with E-state index in [9.17, 15) is 4.79 Å². The Hall–Kier alpha value is -0.580. The largest absolute Gasteiger partial charge is 0.345 e. The summed E-state index contributed by atoms with van der Waals surface area (Å²) in [6, 6.07) is 8.09. The number of benzene rings is 1. The summed E-state index contributed by atoms with van der Waals surface area (Å²) in [6.45, 7) is 5.43. The number of nitrogens with zero attached hydrogens (tertiary/aromatic N) is 1. The quantitative estimate of drug-likeness (QED) is 0.843. The minimum atomic E-state index is -0.0258. The topological polar surface area (TPSA) is 46.3 Å². The fourth-order valence-corrected chi connectivity index (χ4v) is 2.15. The van der Waals surface area contributed by atoms with Gasteiger partial charge in [-0.2, -0.15) is 0 Å². The number of carbonyl (C=O) groups excluding carboxylic acids is 1. The van der Waals surface area contributed by atoms with Gasteiger partial charge >= 0.3 is 0 Å². The molecule has 0 aliphatic carbocycles. The predicted molar refractivity (Wildman–Crippen MR) is 90.2 cm³/mol. The third-order valence-corrected chi connectivity index (χ3v) is 3.71. The Balaban J connectivity index is 0.00000361. The second kappa shape index (κ2) is 8.65. The van der Waals surface area contributed by atoms with Crippen molar-refractivity contribution in [1.29, 1.82) is 0 Å². The molecule has 0 unspecified atom stereocenters. The molecule has 0 saturated carbocycles. The number of halogens is 2. The zero-order chi connectivity index (χ0) is 14.5. The fraction of sp³-hybridized carbons (Fsp3) is 0.533. The number of hydrogen-bond donors (Lipinski definition) is 1. The number of carbonyl (C=O) groups is 1. The summed E-state index contributed by atoms with van der Waals surface area (Å²) in [7, 11) is 1.85. The van der Waals surface area contributed by atoms with Crippen LogP contribution in [0.1, 0.15) is 25.8 Å². The normalized spacial score (nSPS) is 10.8. The maximum Gasteiger partial charge on any atom is 0.222 e. The molecule has 0 spiro atoms. The van der Waals surface area contributed by atoms with Crippen molar-refractivity contribution in [3.63, 3.8) is 0 Å². The van der Waals surface area contributed by atoms with Crippen LogP contribution in [0.25, 0.3) is 0 Å². The first-order valence-corrected chi connectivity index (χ1v) is 7.32. The van der Waals surface area contributed by atoms with Gasteiger partial charge in [0.05, 0.1) is 0 Å². The number of nitrogens with two attached hydrogens (primary N) is 1. The van der Waals surface area contributed by atoms with Crippen LogP contribution < -0.4 is 5.73 Å². The molecule has 0 aliphatic heterocycles. The van der Waals surface area contributed by atoms with Gasteiger partial charge in [-0.3, -0.25) is 4.79 Å². The summed E-state index contributed by atoms with van der Waals surface area (Å²) < 4.78 is 1.06. The maximum atomic E-state index is 12.1. The van der Waals surface area contributed by atoms with Gasteiger partial charge in [-0.1, -0.05) is 41.9 Å². The standard InChI is InChI=1S/C15H23BrN2O.ClH/c1-15(2,10-17)11-18(3)14(19)9-6-12-4-7-13(16)8-5-12;/h4-5,7-8H,6,9-11,17H2,1-3H3;1H. The van der Waals surface area contributed by atoms with Gasteiger partial charge in [0.15, 0.2) is 0 Å². The highest BCUT2D eigenvalue weighted by molar-refractivity contribution is 9.10. The third-order valence-electron chi connectivity index (χ3n) is 3.18. The molecule has 1 aromatic carbocycles. The van der Waals surface area contributed by atoms with Crippen LogP contribution in [0.15, 0.2) is 28.7 Å². The lowest BCUT2D eigenvalue weighted by Crippen LogP contribution is -2.39. The summed E-state index contributed by atoms with van der Waals surface area (Å²) in [5.41, 5.74) is 6.85. The first kappa shape index (κ1) is 19.4. The lowest BCUT2D eigenvalue weighted by atomic mass is 9.93. The molecule has 0 fully saturated rings. The van der Waals surface area contributed by atoms with Crippen molar-refractivity contribution < 1.29 is 4.79 Å². The predicted octanol–water partition coefficient (Wildman–Crippen LogP) is 3.25. The Morgan fingerprint density at radius 2 is 1.85 bits per heavy atom. The third kappa shape index (κ3) is 6.73. The molecule has 0 bridgehead atoms. The molecule has 2 N–H and O–H groups in total. The van der Waals surface area contributed by atoms with E-state index in [-0.39, 0.29) is 23.7 Å². The van der Waals surface area contributed by atoms with E-state index in [4.69, 9.17) is 5.73 Å². The van der Waals surface area contributed by atoms with Gasteiger partial charge < -0.3 is 10.6 Å². The Kier molecular flexibility index (Phi) is 8.40. The van der Waals surface area contributed by atoms with Gasteiger partial charge in [-0.25, -0.2) is 0 Å². The second-order valence-electron chi connectivity index (χ2n) is 5.74. The number of rotatable bonds is 6. The molecule has 5 heteroatoms. The lowest BCUT2D eigenvalue weighted by Gasteiger charge is -2.29. The zero-order valence-corrected chi connectivity index (χ0v) is 14.8. The first-order chi connectivity index (χ1) is 8.84. The number of hydrogen-bond acceptors (Lipinski definition) is 2. The van der Waals surface area contributed by atoms with Crippen LogP contribution in [0.4, 0.5) is 0 Å². The van der Waals surface area contributed by atoms with E-state index in [0.29, 0.717) is 19.5 Å². The van der Waals surface area contributed by atoms with E-state index < -0.39 is 0 Å². The summed E-state index contributed by atoms with van der Waals surface area (Å²) in [5.74, 6) is 0.171. The van der Waals surface area contributed by atoms with E-state index in [1.807, 2.05) is 31.3 Å². The number of aryl methyl sites for hydroxylation is 1. The lowest BCUT2D eigenvalue weighted by molar-refractivity contribution is -0.131. The van der Waals surface area contributed by atoms with Crippen molar-refractivity contribution in [3.8, 4) is 0 Å². The van der Waals surface area contributed by atoms with Crippen molar-refractivity contribution in [2.45, 2.75) is 26.7 Å². The van der Waals surface area contributed by atoms with Crippen LogP contribution in [-0.2, 0) is 11.2 Å². The molecule has 0 radical (unpaired) electrons. The van der Waals surface area contributed by atoms with Crippen LogP contribution in [0.2, 0.25) is 0 Å². The molecule has 1 rings (SSSR count). The highest BCUT2D eigenvalue weighted by atomic mass is 79.9. The van der Waals surface area contributed by atoms with E-state index in [2.05, 4.69) is 29.8 Å². The molecule has 0 atom stereocenters.